The van der Waals surface area contributed by atoms with Crippen molar-refractivity contribution in [3.63, 3.8) is 0 Å². The first-order valence-electron chi connectivity index (χ1n) is 8.93. The van der Waals surface area contributed by atoms with Gasteiger partial charge in [0.2, 0.25) is 5.95 Å². The first kappa shape index (κ1) is 19.0. The predicted octanol–water partition coefficient (Wildman–Crippen LogP) is 2.94. The van der Waals surface area contributed by atoms with Crippen LogP contribution in [0.15, 0.2) is 0 Å². The maximum atomic E-state index is 13.5. The van der Waals surface area contributed by atoms with Crippen molar-refractivity contribution in [1.29, 1.82) is 0 Å². The first-order chi connectivity index (χ1) is 12.7. The largest absolute Gasteiger partial charge is 0.469 e. The summed E-state index contributed by atoms with van der Waals surface area (Å²) in [6.45, 7) is 3.86. The number of nitrogens with zero attached hydrogens (tertiary/aromatic N) is 4. The van der Waals surface area contributed by atoms with E-state index < -0.39 is 11.9 Å². The fraction of sp³-hybridized carbons (Fsp3) is 0.706. The van der Waals surface area contributed by atoms with Crippen molar-refractivity contribution >= 4 is 40.3 Å². The topological polar surface area (TPSA) is 58.6 Å². The molecule has 3 heterocycles. The van der Waals surface area contributed by atoms with E-state index in [1.54, 1.807) is 22.6 Å². The Hall–Kier alpha value is -1.33. The van der Waals surface area contributed by atoms with Gasteiger partial charge in [0, 0.05) is 32.1 Å². The quantitative estimate of drug-likeness (QED) is 0.472. The summed E-state index contributed by atoms with van der Waals surface area (Å²) >= 11 is 1.71. The van der Waals surface area contributed by atoms with Crippen LogP contribution < -0.4 is 9.80 Å². The second-order valence-electron chi connectivity index (χ2n) is 7.52. The SMILES string of the molecule is COC(=O)C[C@@H]1[C@H]2CN(c3nc(N4CC[C@@H]4C)nc(C(F)(F)F)c3I)C[C@@H]12. The van der Waals surface area contributed by atoms with Crippen LogP contribution in [0.2, 0.25) is 0 Å². The molecule has 2 aliphatic heterocycles. The molecule has 1 aromatic heterocycles. The Morgan fingerprint density at radius 3 is 2.44 bits per heavy atom. The van der Waals surface area contributed by atoms with Gasteiger partial charge in [-0.05, 0) is 53.7 Å². The van der Waals surface area contributed by atoms with Gasteiger partial charge >= 0.3 is 12.1 Å². The molecule has 0 bridgehead atoms. The molecule has 10 heteroatoms. The van der Waals surface area contributed by atoms with Crippen molar-refractivity contribution in [2.45, 2.75) is 32.0 Å². The van der Waals surface area contributed by atoms with Gasteiger partial charge < -0.3 is 14.5 Å². The molecule has 2 saturated heterocycles. The standard InChI is InChI=1S/C17H20F3IN4O2/c1-8-3-4-25(8)16-22-14(17(18,19)20)13(21)15(23-16)24-6-10-9(11(10)7-24)5-12(26)27-2/h8-11H,3-7H2,1-2H3/t8-,9-,10-,11+/m0/s1. The van der Waals surface area contributed by atoms with Crippen LogP contribution in [0.5, 0.6) is 0 Å². The Kier molecular flexibility index (Phi) is 4.66. The Bertz CT molecular complexity index is 763. The van der Waals surface area contributed by atoms with E-state index in [1.807, 2.05) is 16.7 Å². The van der Waals surface area contributed by atoms with Gasteiger partial charge in [-0.25, -0.2) is 4.98 Å². The molecule has 0 spiro atoms. The van der Waals surface area contributed by atoms with Gasteiger partial charge in [-0.3, -0.25) is 4.79 Å². The van der Waals surface area contributed by atoms with Gasteiger partial charge in [-0.2, -0.15) is 18.2 Å². The van der Waals surface area contributed by atoms with Crippen molar-refractivity contribution in [3.8, 4) is 0 Å². The maximum Gasteiger partial charge on any atom is 0.434 e. The summed E-state index contributed by atoms with van der Waals surface area (Å²) in [6, 6.07) is 0.149. The third-order valence-electron chi connectivity index (χ3n) is 5.97. The molecular weight excluding hydrogens is 476 g/mol. The highest BCUT2D eigenvalue weighted by molar-refractivity contribution is 14.1. The minimum absolute atomic E-state index is 0.0443. The van der Waals surface area contributed by atoms with Gasteiger partial charge in [0.05, 0.1) is 10.7 Å². The first-order valence-corrected chi connectivity index (χ1v) is 10.0. The van der Waals surface area contributed by atoms with E-state index in [-0.39, 0.29) is 27.4 Å². The monoisotopic (exact) mass is 496 g/mol. The summed E-state index contributed by atoms with van der Waals surface area (Å²) in [6.07, 6.45) is -3.22. The molecule has 0 aromatic carbocycles. The minimum Gasteiger partial charge on any atom is -0.469 e. The Morgan fingerprint density at radius 2 is 1.96 bits per heavy atom. The van der Waals surface area contributed by atoms with E-state index >= 15 is 0 Å². The number of fused-ring (bicyclic) bond motifs is 1. The van der Waals surface area contributed by atoms with Crippen LogP contribution in [0.1, 0.15) is 25.5 Å². The number of aromatic nitrogens is 2. The number of anilines is 2. The molecule has 3 fully saturated rings. The van der Waals surface area contributed by atoms with E-state index in [2.05, 4.69) is 9.97 Å². The van der Waals surface area contributed by atoms with E-state index in [9.17, 15) is 18.0 Å². The number of esters is 1. The molecular formula is C17H20F3IN4O2. The van der Waals surface area contributed by atoms with Gasteiger partial charge in [0.25, 0.3) is 0 Å². The highest BCUT2D eigenvalue weighted by atomic mass is 127. The average molecular weight is 496 g/mol. The van der Waals surface area contributed by atoms with Crippen molar-refractivity contribution in [1.82, 2.24) is 9.97 Å². The molecule has 6 nitrogen and oxygen atoms in total. The zero-order valence-corrected chi connectivity index (χ0v) is 17.1. The van der Waals surface area contributed by atoms with Gasteiger partial charge in [-0.1, -0.05) is 0 Å². The molecule has 1 aromatic rings. The van der Waals surface area contributed by atoms with Crippen LogP contribution in [0.4, 0.5) is 24.9 Å². The zero-order valence-electron chi connectivity index (χ0n) is 15.0. The molecule has 4 rings (SSSR count). The number of carbonyl (C=O) groups is 1. The molecule has 148 valence electrons. The lowest BCUT2D eigenvalue weighted by molar-refractivity contribution is -0.142. The lowest BCUT2D eigenvalue weighted by Crippen LogP contribution is -2.47. The van der Waals surface area contributed by atoms with Crippen LogP contribution in [0.25, 0.3) is 0 Å². The van der Waals surface area contributed by atoms with Crippen molar-refractivity contribution < 1.29 is 22.7 Å². The molecule has 0 radical (unpaired) electrons. The fourth-order valence-corrected chi connectivity index (χ4v) is 5.05. The number of methoxy groups -OCH3 is 1. The molecule has 0 amide bonds. The second kappa shape index (κ2) is 6.63. The van der Waals surface area contributed by atoms with Gasteiger partial charge in [-0.15, -0.1) is 0 Å². The van der Waals surface area contributed by atoms with Crippen LogP contribution in [-0.4, -0.2) is 48.7 Å². The van der Waals surface area contributed by atoms with E-state index in [0.717, 1.165) is 6.42 Å². The Morgan fingerprint density at radius 1 is 1.30 bits per heavy atom. The third kappa shape index (κ3) is 3.33. The Labute approximate surface area is 168 Å². The van der Waals surface area contributed by atoms with E-state index in [1.165, 1.54) is 7.11 Å². The third-order valence-corrected chi connectivity index (χ3v) is 6.96. The zero-order chi connectivity index (χ0) is 19.5. The Balaban J connectivity index is 1.58. The highest BCUT2D eigenvalue weighted by Gasteiger charge is 2.57. The van der Waals surface area contributed by atoms with E-state index in [4.69, 9.17) is 4.74 Å². The number of ether oxygens (including phenoxy) is 1. The predicted molar refractivity (Wildman–Crippen MR) is 100 cm³/mol. The molecule has 1 saturated carbocycles. The van der Waals surface area contributed by atoms with Crippen molar-refractivity contribution in [2.24, 2.45) is 17.8 Å². The van der Waals surface area contributed by atoms with Gasteiger partial charge in [0.1, 0.15) is 5.82 Å². The molecule has 0 N–H and O–H groups in total. The van der Waals surface area contributed by atoms with Gasteiger partial charge in [0.15, 0.2) is 5.69 Å². The summed E-state index contributed by atoms with van der Waals surface area (Å²) in [4.78, 5) is 23.5. The number of hydrogen-bond acceptors (Lipinski definition) is 6. The molecule has 0 unspecified atom stereocenters. The number of piperidine rings is 1. The average Bonchev–Trinajstić information content (AvgIpc) is 3.03. The summed E-state index contributed by atoms with van der Waals surface area (Å²) in [5.74, 6) is 1.18. The van der Waals surface area contributed by atoms with Crippen LogP contribution in [0.3, 0.4) is 0 Å². The highest BCUT2D eigenvalue weighted by Crippen LogP contribution is 2.55. The normalized spacial score (nSPS) is 29.4. The summed E-state index contributed by atoms with van der Waals surface area (Å²) in [5, 5.41) is 0. The van der Waals surface area contributed by atoms with Crippen molar-refractivity contribution in [2.75, 3.05) is 36.5 Å². The number of hydrogen-bond donors (Lipinski definition) is 0. The number of rotatable bonds is 4. The lowest BCUT2D eigenvalue weighted by atomic mass is 10.1. The summed E-state index contributed by atoms with van der Waals surface area (Å²) < 4.78 is 45.3. The lowest BCUT2D eigenvalue weighted by Gasteiger charge is -2.39. The minimum atomic E-state index is -4.52. The summed E-state index contributed by atoms with van der Waals surface area (Å²) in [7, 11) is 1.37. The van der Waals surface area contributed by atoms with Crippen LogP contribution in [0, 0.1) is 21.3 Å². The van der Waals surface area contributed by atoms with Crippen LogP contribution in [-0.2, 0) is 15.7 Å². The van der Waals surface area contributed by atoms with E-state index in [0.29, 0.717) is 43.7 Å². The second-order valence-corrected chi connectivity index (χ2v) is 8.59. The maximum absolute atomic E-state index is 13.5. The molecule has 4 atom stereocenters. The molecule has 3 aliphatic rings. The number of carbonyl (C=O) groups excluding carboxylic acids is 1. The number of alkyl halides is 3. The molecule has 1 aliphatic carbocycles. The number of halogens is 4. The summed E-state index contributed by atoms with van der Waals surface area (Å²) in [5.41, 5.74) is -0.867. The van der Waals surface area contributed by atoms with Crippen molar-refractivity contribution in [3.05, 3.63) is 9.26 Å². The smallest absolute Gasteiger partial charge is 0.434 e. The van der Waals surface area contributed by atoms with Crippen LogP contribution >= 0.6 is 22.6 Å². The fourth-order valence-electron chi connectivity index (χ4n) is 4.16. The molecule has 27 heavy (non-hydrogen) atoms.